The van der Waals surface area contributed by atoms with Gasteiger partial charge in [-0.2, -0.15) is 0 Å². The number of nitrogens with one attached hydrogen (secondary N) is 1. The molecule has 1 aliphatic heterocycles. The van der Waals surface area contributed by atoms with E-state index in [1.807, 2.05) is 13.1 Å². The molecule has 0 aliphatic carbocycles. The maximum atomic E-state index is 4.40. The minimum atomic E-state index is 0. The number of unbranched alkanes of at least 4 members (excludes halogenated alkanes) is 1. The Bertz CT molecular complexity index is 331. The van der Waals surface area contributed by atoms with Gasteiger partial charge in [0.2, 0.25) is 0 Å². The molecule has 0 spiro atoms. The van der Waals surface area contributed by atoms with Crippen LogP contribution in [0.15, 0.2) is 17.6 Å². The van der Waals surface area contributed by atoms with Crippen LogP contribution < -0.4 is 5.32 Å². The third kappa shape index (κ3) is 7.81. The summed E-state index contributed by atoms with van der Waals surface area (Å²) >= 11 is 0. The summed E-state index contributed by atoms with van der Waals surface area (Å²) in [5.41, 5.74) is 0. The van der Waals surface area contributed by atoms with Gasteiger partial charge in [0.25, 0.3) is 0 Å². The SMILES string of the molecule is C=CCCCN(C)C(=NC)NC[C@H]1CCCN1CC(C)C.I. The second kappa shape index (κ2) is 12.2. The van der Waals surface area contributed by atoms with Crippen molar-refractivity contribution in [2.45, 2.75) is 45.6 Å². The van der Waals surface area contributed by atoms with E-state index in [0.717, 1.165) is 37.8 Å². The fourth-order valence-electron chi connectivity index (χ4n) is 3.01. The molecular formula is C17H35IN4. The smallest absolute Gasteiger partial charge is 0.193 e. The van der Waals surface area contributed by atoms with Crippen molar-refractivity contribution in [2.24, 2.45) is 10.9 Å². The molecule has 0 aromatic heterocycles. The topological polar surface area (TPSA) is 30.9 Å². The molecular weight excluding hydrogens is 387 g/mol. The summed E-state index contributed by atoms with van der Waals surface area (Å²) < 4.78 is 0. The lowest BCUT2D eigenvalue weighted by molar-refractivity contribution is 0.225. The molecule has 130 valence electrons. The van der Waals surface area contributed by atoms with E-state index in [1.165, 1.54) is 25.9 Å². The second-order valence-electron chi connectivity index (χ2n) is 6.47. The first-order valence-corrected chi connectivity index (χ1v) is 8.35. The van der Waals surface area contributed by atoms with Crippen LogP contribution >= 0.6 is 24.0 Å². The van der Waals surface area contributed by atoms with Gasteiger partial charge >= 0.3 is 0 Å². The Hall–Kier alpha value is -0.300. The molecule has 1 saturated heterocycles. The third-order valence-electron chi connectivity index (χ3n) is 4.07. The maximum absolute atomic E-state index is 4.40. The normalized spacial score (nSPS) is 19.1. The van der Waals surface area contributed by atoms with Crippen molar-refractivity contribution in [3.8, 4) is 0 Å². The van der Waals surface area contributed by atoms with Crippen LogP contribution in [-0.2, 0) is 0 Å². The van der Waals surface area contributed by atoms with Gasteiger partial charge in [0.15, 0.2) is 5.96 Å². The van der Waals surface area contributed by atoms with E-state index in [2.05, 4.69) is 47.6 Å². The highest BCUT2D eigenvalue weighted by Gasteiger charge is 2.25. The molecule has 1 rings (SSSR count). The average Bonchev–Trinajstić information content (AvgIpc) is 2.86. The molecule has 5 heteroatoms. The summed E-state index contributed by atoms with van der Waals surface area (Å²) in [6, 6.07) is 0.658. The fraction of sp³-hybridized carbons (Fsp3) is 0.824. The van der Waals surface area contributed by atoms with Gasteiger partial charge in [-0.25, -0.2) is 0 Å². The van der Waals surface area contributed by atoms with Gasteiger partial charge in [-0.3, -0.25) is 9.89 Å². The van der Waals surface area contributed by atoms with Crippen molar-refractivity contribution >= 4 is 29.9 Å². The highest BCUT2D eigenvalue weighted by Crippen LogP contribution is 2.17. The van der Waals surface area contributed by atoms with Crippen molar-refractivity contribution in [1.29, 1.82) is 0 Å². The Labute approximate surface area is 154 Å². The third-order valence-corrected chi connectivity index (χ3v) is 4.07. The van der Waals surface area contributed by atoms with E-state index < -0.39 is 0 Å². The van der Waals surface area contributed by atoms with E-state index >= 15 is 0 Å². The first-order valence-electron chi connectivity index (χ1n) is 8.35. The Morgan fingerprint density at radius 3 is 2.82 bits per heavy atom. The van der Waals surface area contributed by atoms with Crippen LogP contribution in [0, 0.1) is 5.92 Å². The van der Waals surface area contributed by atoms with E-state index in [4.69, 9.17) is 0 Å². The molecule has 4 nitrogen and oxygen atoms in total. The monoisotopic (exact) mass is 422 g/mol. The number of aliphatic imine (C=N–C) groups is 1. The lowest BCUT2D eigenvalue weighted by Gasteiger charge is -2.28. The van der Waals surface area contributed by atoms with Gasteiger partial charge in [0, 0.05) is 39.8 Å². The molecule has 0 bridgehead atoms. The first kappa shape index (κ1) is 21.7. The zero-order chi connectivity index (χ0) is 15.7. The van der Waals surface area contributed by atoms with Crippen molar-refractivity contribution in [1.82, 2.24) is 15.1 Å². The van der Waals surface area contributed by atoms with Crippen molar-refractivity contribution in [3.63, 3.8) is 0 Å². The largest absolute Gasteiger partial charge is 0.355 e. The maximum Gasteiger partial charge on any atom is 0.193 e. The first-order chi connectivity index (χ1) is 10.1. The summed E-state index contributed by atoms with van der Waals surface area (Å²) in [6.07, 6.45) is 6.80. The molecule has 0 saturated carbocycles. The van der Waals surface area contributed by atoms with Gasteiger partial charge in [-0.1, -0.05) is 19.9 Å². The minimum Gasteiger partial charge on any atom is -0.355 e. The number of likely N-dealkylation sites (tertiary alicyclic amines) is 1. The average molecular weight is 422 g/mol. The quantitative estimate of drug-likeness (QED) is 0.214. The molecule has 1 N–H and O–H groups in total. The molecule has 0 unspecified atom stereocenters. The van der Waals surface area contributed by atoms with E-state index in [-0.39, 0.29) is 24.0 Å². The molecule has 1 atom stereocenters. The predicted octanol–water partition coefficient (Wildman–Crippen LogP) is 3.20. The molecule has 1 heterocycles. The number of hydrogen-bond donors (Lipinski definition) is 1. The number of allylic oxidation sites excluding steroid dienone is 1. The fourth-order valence-corrected chi connectivity index (χ4v) is 3.01. The van der Waals surface area contributed by atoms with Gasteiger partial charge in [0.1, 0.15) is 0 Å². The second-order valence-corrected chi connectivity index (χ2v) is 6.47. The lowest BCUT2D eigenvalue weighted by atomic mass is 10.1. The van der Waals surface area contributed by atoms with E-state index in [1.54, 1.807) is 0 Å². The van der Waals surface area contributed by atoms with Crippen molar-refractivity contribution in [2.75, 3.05) is 40.3 Å². The van der Waals surface area contributed by atoms with Crippen LogP contribution in [0.3, 0.4) is 0 Å². The summed E-state index contributed by atoms with van der Waals surface area (Å²) in [4.78, 5) is 9.24. The summed E-state index contributed by atoms with van der Waals surface area (Å²) in [6.45, 7) is 12.9. The van der Waals surface area contributed by atoms with Crippen LogP contribution in [0.1, 0.15) is 39.5 Å². The lowest BCUT2D eigenvalue weighted by Crippen LogP contribution is -2.46. The highest BCUT2D eigenvalue weighted by molar-refractivity contribution is 14.0. The van der Waals surface area contributed by atoms with Crippen LogP contribution in [0.5, 0.6) is 0 Å². The number of guanidine groups is 1. The Morgan fingerprint density at radius 1 is 1.50 bits per heavy atom. The van der Waals surface area contributed by atoms with Crippen molar-refractivity contribution < 1.29 is 0 Å². The van der Waals surface area contributed by atoms with E-state index in [0.29, 0.717) is 6.04 Å². The van der Waals surface area contributed by atoms with Crippen LogP contribution in [0.2, 0.25) is 0 Å². The molecule has 0 aromatic carbocycles. The highest BCUT2D eigenvalue weighted by atomic mass is 127. The van der Waals surface area contributed by atoms with Crippen molar-refractivity contribution in [3.05, 3.63) is 12.7 Å². The van der Waals surface area contributed by atoms with Gasteiger partial charge in [-0.05, 0) is 38.1 Å². The predicted molar refractivity (Wildman–Crippen MR) is 108 cm³/mol. The zero-order valence-corrected chi connectivity index (χ0v) is 17.2. The Balaban J connectivity index is 0.00000441. The Morgan fingerprint density at radius 2 is 2.23 bits per heavy atom. The summed E-state index contributed by atoms with van der Waals surface area (Å²) in [5, 5.41) is 3.55. The number of halogens is 1. The molecule has 0 radical (unpaired) electrons. The van der Waals surface area contributed by atoms with Gasteiger partial charge in [-0.15, -0.1) is 30.6 Å². The van der Waals surface area contributed by atoms with Gasteiger partial charge in [0.05, 0.1) is 0 Å². The zero-order valence-electron chi connectivity index (χ0n) is 14.8. The molecule has 1 aliphatic rings. The summed E-state index contributed by atoms with van der Waals surface area (Å²) in [7, 11) is 3.98. The molecule has 0 aromatic rings. The number of rotatable bonds is 8. The van der Waals surface area contributed by atoms with Crippen LogP contribution in [-0.4, -0.2) is 62.1 Å². The van der Waals surface area contributed by atoms with Gasteiger partial charge < -0.3 is 10.2 Å². The van der Waals surface area contributed by atoms with Crippen LogP contribution in [0.4, 0.5) is 0 Å². The number of hydrogen-bond acceptors (Lipinski definition) is 2. The standard InChI is InChI=1S/C17H34N4.HI/c1-6-7-8-11-20(5)17(18-4)19-13-16-10-9-12-21(16)14-15(2)3;/h6,15-16H,1,7-14H2,2-5H3,(H,18,19);1H/t16-;/m1./s1. The molecule has 22 heavy (non-hydrogen) atoms. The van der Waals surface area contributed by atoms with E-state index in [9.17, 15) is 0 Å². The molecule has 0 amide bonds. The minimum absolute atomic E-state index is 0. The molecule has 1 fully saturated rings. The van der Waals surface area contributed by atoms with Crippen LogP contribution in [0.25, 0.3) is 0 Å². The Kier molecular flexibility index (Phi) is 12.0. The number of nitrogens with zero attached hydrogens (tertiary/aromatic N) is 3. The summed E-state index contributed by atoms with van der Waals surface area (Å²) in [5.74, 6) is 1.75.